The molecule has 0 aromatic heterocycles. The van der Waals surface area contributed by atoms with Crippen molar-refractivity contribution in [3.8, 4) is 0 Å². The number of allylic oxidation sites excluding steroid dienone is 2. The van der Waals surface area contributed by atoms with Crippen molar-refractivity contribution >= 4 is 29.4 Å². The molecule has 1 fully saturated rings. The molecule has 3 aromatic rings. The Morgan fingerprint density at radius 3 is 2.13 bits per heavy atom. The van der Waals surface area contributed by atoms with Crippen LogP contribution in [0, 0.1) is 16.6 Å². The van der Waals surface area contributed by atoms with E-state index in [1.165, 1.54) is 29.4 Å². The van der Waals surface area contributed by atoms with E-state index in [0.29, 0.717) is 39.0 Å². The van der Waals surface area contributed by atoms with Crippen LogP contribution in [0.4, 0.5) is 4.39 Å². The van der Waals surface area contributed by atoms with Gasteiger partial charge in [0.25, 0.3) is 0 Å². The standard InChI is InChI=1S/C40H41FN2O4/c1-38(2)33(29-12-14-30(15-13-29)36(45)46)19-21-39(3)27-43(24-20-34(38)39)37(47)40(31-7-5-4-6-8-31)22-25-42(26-23-40)35(44)18-11-28-9-16-32(41)17-10-28/h4-20H,21-27H2,1-3H3,(H,45,46)/b18-11+/t39-/m1/s1. The number of amides is 2. The second kappa shape index (κ2) is 12.4. The number of carbonyl (C=O) groups is 3. The first-order valence-electron chi connectivity index (χ1n) is 16.3. The molecule has 7 heteroatoms. The third kappa shape index (κ3) is 6.07. The Bertz CT molecular complexity index is 1760. The van der Waals surface area contributed by atoms with E-state index in [2.05, 4.69) is 32.9 Å². The molecule has 1 N–H and O–H groups in total. The highest BCUT2D eigenvalue weighted by atomic mass is 19.1. The molecule has 1 aliphatic carbocycles. The average molecular weight is 633 g/mol. The maximum Gasteiger partial charge on any atom is 0.335 e. The van der Waals surface area contributed by atoms with Crippen molar-refractivity contribution in [3.63, 3.8) is 0 Å². The summed E-state index contributed by atoms with van der Waals surface area (Å²) in [5.74, 6) is -1.28. The Hall–Kier alpha value is -4.78. The minimum atomic E-state index is -0.940. The van der Waals surface area contributed by atoms with Gasteiger partial charge >= 0.3 is 5.97 Å². The summed E-state index contributed by atoms with van der Waals surface area (Å²) in [5, 5.41) is 9.35. The highest BCUT2D eigenvalue weighted by Gasteiger charge is 2.50. The molecule has 242 valence electrons. The molecular weight excluding hydrogens is 591 g/mol. The number of likely N-dealkylation sites (tertiary alicyclic amines) is 1. The molecule has 2 heterocycles. The van der Waals surface area contributed by atoms with Gasteiger partial charge in [-0.3, -0.25) is 9.59 Å². The number of fused-ring (bicyclic) bond motifs is 1. The van der Waals surface area contributed by atoms with E-state index >= 15 is 0 Å². The molecule has 6 rings (SSSR count). The zero-order valence-electron chi connectivity index (χ0n) is 27.2. The van der Waals surface area contributed by atoms with E-state index < -0.39 is 11.4 Å². The van der Waals surface area contributed by atoms with Gasteiger partial charge in [0.15, 0.2) is 0 Å². The molecule has 0 saturated carbocycles. The zero-order chi connectivity index (χ0) is 33.4. The number of carbonyl (C=O) groups excluding carboxylic acids is 2. The lowest BCUT2D eigenvalue weighted by molar-refractivity contribution is -0.143. The van der Waals surface area contributed by atoms with Crippen LogP contribution in [0.1, 0.15) is 67.1 Å². The fraction of sp³-hybridized carbons (Fsp3) is 0.325. The Kier molecular flexibility index (Phi) is 8.51. The predicted octanol–water partition coefficient (Wildman–Crippen LogP) is 7.39. The van der Waals surface area contributed by atoms with Gasteiger partial charge in [0.05, 0.1) is 11.0 Å². The van der Waals surface area contributed by atoms with Gasteiger partial charge in [0.1, 0.15) is 5.82 Å². The van der Waals surface area contributed by atoms with E-state index in [-0.39, 0.29) is 34.0 Å². The molecule has 1 saturated heterocycles. The van der Waals surface area contributed by atoms with Crippen LogP contribution in [-0.2, 0) is 15.0 Å². The van der Waals surface area contributed by atoms with Crippen molar-refractivity contribution in [1.82, 2.24) is 9.80 Å². The van der Waals surface area contributed by atoms with Crippen LogP contribution in [0.15, 0.2) is 103 Å². The normalized spacial score (nSPS) is 21.9. The molecular formula is C40H41FN2O4. The number of halogens is 1. The van der Waals surface area contributed by atoms with E-state index in [0.717, 1.165) is 23.1 Å². The van der Waals surface area contributed by atoms with Crippen LogP contribution in [0.3, 0.4) is 0 Å². The third-order valence-electron chi connectivity index (χ3n) is 10.5. The smallest absolute Gasteiger partial charge is 0.335 e. The second-order valence-electron chi connectivity index (χ2n) is 13.9. The highest BCUT2D eigenvalue weighted by molar-refractivity contribution is 5.93. The van der Waals surface area contributed by atoms with Crippen LogP contribution < -0.4 is 0 Å². The summed E-state index contributed by atoms with van der Waals surface area (Å²) >= 11 is 0. The summed E-state index contributed by atoms with van der Waals surface area (Å²) in [5.41, 5.74) is 4.20. The monoisotopic (exact) mass is 632 g/mol. The van der Waals surface area contributed by atoms with Gasteiger partial charge in [-0.15, -0.1) is 0 Å². The number of piperidine rings is 1. The number of aromatic carboxylic acids is 1. The number of carboxylic acid groups (broad SMARTS) is 1. The van der Waals surface area contributed by atoms with Crippen LogP contribution >= 0.6 is 0 Å². The Labute approximate surface area is 275 Å². The summed E-state index contributed by atoms with van der Waals surface area (Å²) in [6.45, 7) is 8.69. The lowest BCUT2D eigenvalue weighted by atomic mass is 9.58. The second-order valence-corrected chi connectivity index (χ2v) is 13.9. The molecule has 1 atom stereocenters. The van der Waals surface area contributed by atoms with Crippen LogP contribution in [0.5, 0.6) is 0 Å². The predicted molar refractivity (Wildman–Crippen MR) is 182 cm³/mol. The van der Waals surface area contributed by atoms with Gasteiger partial charge in [-0.1, -0.05) is 93.1 Å². The van der Waals surface area contributed by atoms with Crippen LogP contribution in [0.25, 0.3) is 11.6 Å². The maximum absolute atomic E-state index is 14.7. The third-order valence-corrected chi connectivity index (χ3v) is 10.5. The number of rotatable bonds is 6. The molecule has 2 aliphatic heterocycles. The van der Waals surface area contributed by atoms with Gasteiger partial charge in [-0.2, -0.15) is 0 Å². The van der Waals surface area contributed by atoms with Gasteiger partial charge in [-0.05, 0) is 71.9 Å². The summed E-state index contributed by atoms with van der Waals surface area (Å²) in [6, 6.07) is 23.1. The first-order chi connectivity index (χ1) is 22.4. The number of benzene rings is 3. The van der Waals surface area contributed by atoms with E-state index in [4.69, 9.17) is 0 Å². The van der Waals surface area contributed by atoms with Gasteiger partial charge < -0.3 is 14.9 Å². The van der Waals surface area contributed by atoms with Crippen molar-refractivity contribution in [2.45, 2.75) is 45.4 Å². The topological polar surface area (TPSA) is 77.9 Å². The maximum atomic E-state index is 14.7. The summed E-state index contributed by atoms with van der Waals surface area (Å²) < 4.78 is 13.3. The Morgan fingerprint density at radius 2 is 1.49 bits per heavy atom. The largest absolute Gasteiger partial charge is 0.478 e. The van der Waals surface area contributed by atoms with Gasteiger partial charge in [-0.25, -0.2) is 9.18 Å². The van der Waals surface area contributed by atoms with Crippen molar-refractivity contribution in [2.75, 3.05) is 26.2 Å². The number of carboxylic acids is 1. The van der Waals surface area contributed by atoms with Gasteiger partial charge in [0, 0.05) is 43.1 Å². The fourth-order valence-corrected chi connectivity index (χ4v) is 8.00. The Balaban J connectivity index is 1.21. The molecule has 0 radical (unpaired) electrons. The van der Waals surface area contributed by atoms with E-state index in [1.807, 2.05) is 47.4 Å². The highest BCUT2D eigenvalue weighted by Crippen LogP contribution is 2.55. The van der Waals surface area contributed by atoms with Crippen LogP contribution in [0.2, 0.25) is 0 Å². The Morgan fingerprint density at radius 1 is 0.830 bits per heavy atom. The first-order valence-corrected chi connectivity index (χ1v) is 16.3. The zero-order valence-corrected chi connectivity index (χ0v) is 27.2. The number of hydrogen-bond acceptors (Lipinski definition) is 3. The lowest BCUT2D eigenvalue weighted by Gasteiger charge is -2.52. The van der Waals surface area contributed by atoms with E-state index in [9.17, 15) is 23.9 Å². The van der Waals surface area contributed by atoms with Crippen molar-refractivity contribution in [2.24, 2.45) is 10.8 Å². The van der Waals surface area contributed by atoms with Crippen molar-refractivity contribution in [3.05, 3.63) is 131 Å². The first kappa shape index (κ1) is 32.2. The summed E-state index contributed by atoms with van der Waals surface area (Å²) in [7, 11) is 0. The van der Waals surface area contributed by atoms with Crippen LogP contribution in [-0.4, -0.2) is 58.9 Å². The molecule has 0 spiro atoms. The molecule has 0 bridgehead atoms. The minimum Gasteiger partial charge on any atom is -0.478 e. The number of hydrogen-bond donors (Lipinski definition) is 1. The molecule has 3 aliphatic rings. The minimum absolute atomic E-state index is 0.103. The van der Waals surface area contributed by atoms with E-state index in [1.54, 1.807) is 35.2 Å². The number of nitrogens with zero attached hydrogens (tertiary/aromatic N) is 2. The molecule has 3 aromatic carbocycles. The molecule has 47 heavy (non-hydrogen) atoms. The molecule has 0 unspecified atom stereocenters. The van der Waals surface area contributed by atoms with Gasteiger partial charge in [0.2, 0.25) is 11.8 Å². The SMILES string of the molecule is CC1(C)C(c2ccc(C(=O)O)cc2)=CC[C@]2(C)CN(C(=O)C3(c4ccccc4)CCN(C(=O)/C=C/c4ccc(F)cc4)CC3)CC=C12. The lowest BCUT2D eigenvalue weighted by Crippen LogP contribution is -2.57. The fourth-order valence-electron chi connectivity index (χ4n) is 8.00. The molecule has 6 nitrogen and oxygen atoms in total. The average Bonchev–Trinajstić information content (AvgIpc) is 3.07. The molecule has 2 amide bonds. The van der Waals surface area contributed by atoms with Crippen molar-refractivity contribution < 1.29 is 23.9 Å². The van der Waals surface area contributed by atoms with Crippen molar-refractivity contribution in [1.29, 1.82) is 0 Å². The summed E-state index contributed by atoms with van der Waals surface area (Å²) in [6.07, 6.45) is 9.53. The summed E-state index contributed by atoms with van der Waals surface area (Å²) in [4.78, 5) is 43.1. The quantitative estimate of drug-likeness (QED) is 0.227.